The molecule has 0 saturated carbocycles. The van der Waals surface area contributed by atoms with Crippen molar-refractivity contribution in [3.8, 4) is 11.3 Å². The van der Waals surface area contributed by atoms with Crippen LogP contribution >= 0.6 is 69.9 Å². The van der Waals surface area contributed by atoms with Crippen molar-refractivity contribution in [3.05, 3.63) is 171 Å². The highest BCUT2D eigenvalue weighted by Gasteiger charge is 2.51. The van der Waals surface area contributed by atoms with Crippen molar-refractivity contribution in [1.82, 2.24) is 9.55 Å². The summed E-state index contributed by atoms with van der Waals surface area (Å²) in [5.74, 6) is -0.347. The maximum absolute atomic E-state index is 13.9. The largest absolute Gasteiger partial charge is 0.388 e. The number of ether oxygens (including phenoxy) is 6. The first-order chi connectivity index (χ1) is 31.5. The van der Waals surface area contributed by atoms with E-state index in [4.69, 9.17) is 80.6 Å². The standard InChI is InChI=1S/C28H23Cl2FN2O4S.C19H19Cl2NO4S/c29-20-10-9-19(12-21(20)30)38-28-25(34)24(33-13-22(32-15-33)17-7-4-8-18(31)11-17)26-23(36-28)14-35-27(37-26)16-5-2-1-3-6-16;20-12-7-6-11(8-13(12)21)27-19-16(23)15(22)17-14(25-19)9-24-18(26-17)10-4-2-1-3-5-10/h1-13,15,23-28,34H,14H2;1-8,14-19,23H,9,22H2/t23-,24-,25-,26+,27?,28-;14-,15-,16-,17+,18?,19-/m11/s1. The zero-order chi connectivity index (χ0) is 45.2. The molecule has 0 radical (unpaired) electrons. The van der Waals surface area contributed by atoms with Crippen molar-refractivity contribution in [2.75, 3.05) is 13.2 Å². The van der Waals surface area contributed by atoms with Gasteiger partial charge in [-0.05, 0) is 48.5 Å². The van der Waals surface area contributed by atoms with E-state index in [1.54, 1.807) is 48.9 Å². The summed E-state index contributed by atoms with van der Waals surface area (Å²) in [4.78, 5) is 6.13. The van der Waals surface area contributed by atoms with Crippen molar-refractivity contribution >= 4 is 69.9 Å². The number of aliphatic hydroxyl groups is 2. The highest BCUT2D eigenvalue weighted by molar-refractivity contribution is 8.00. The molecular weight excluding hydrogens is 959 g/mol. The maximum Gasteiger partial charge on any atom is 0.184 e. The van der Waals surface area contributed by atoms with Crippen LogP contribution in [-0.4, -0.2) is 86.5 Å². The van der Waals surface area contributed by atoms with E-state index in [1.807, 2.05) is 77.4 Å². The summed E-state index contributed by atoms with van der Waals surface area (Å²) < 4.78 is 52.3. The number of imidazole rings is 1. The first-order valence-electron chi connectivity index (χ1n) is 20.6. The molecule has 4 fully saturated rings. The van der Waals surface area contributed by atoms with Crippen molar-refractivity contribution < 1.29 is 43.0 Å². The minimum absolute atomic E-state index is 0.275. The molecule has 2 unspecified atom stereocenters. The predicted octanol–water partition coefficient (Wildman–Crippen LogP) is 10.1. The summed E-state index contributed by atoms with van der Waals surface area (Å²) >= 11 is 27.0. The van der Waals surface area contributed by atoms with Crippen LogP contribution < -0.4 is 5.73 Å². The molecule has 4 saturated heterocycles. The van der Waals surface area contributed by atoms with Crippen LogP contribution in [0.5, 0.6) is 0 Å². The van der Waals surface area contributed by atoms with Crippen LogP contribution in [0.25, 0.3) is 11.3 Å². The molecule has 11 nitrogen and oxygen atoms in total. The summed E-state index contributed by atoms with van der Waals surface area (Å²) in [5.41, 5.74) is 8.09. The number of thioether (sulfide) groups is 2. The lowest BCUT2D eigenvalue weighted by Crippen LogP contribution is -2.64. The van der Waals surface area contributed by atoms with Crippen molar-refractivity contribution in [2.45, 2.75) is 82.0 Å². The number of nitrogens with two attached hydrogens (primary N) is 1. The number of halogens is 5. The van der Waals surface area contributed by atoms with E-state index >= 15 is 0 Å². The molecule has 6 aromatic rings. The Balaban J connectivity index is 0.000000174. The van der Waals surface area contributed by atoms with Crippen LogP contribution in [-0.2, 0) is 28.4 Å². The van der Waals surface area contributed by atoms with Gasteiger partial charge in [0.25, 0.3) is 0 Å². The number of rotatable bonds is 8. The fourth-order valence-electron chi connectivity index (χ4n) is 7.98. The molecule has 10 rings (SSSR count). The molecule has 18 heteroatoms. The van der Waals surface area contributed by atoms with Crippen molar-refractivity contribution in [1.29, 1.82) is 0 Å². The third kappa shape index (κ3) is 10.7. The molecule has 4 aliphatic rings. The Morgan fingerprint density at radius 2 is 1.15 bits per heavy atom. The molecule has 5 heterocycles. The number of hydrogen-bond donors (Lipinski definition) is 3. The Labute approximate surface area is 403 Å². The van der Waals surface area contributed by atoms with Gasteiger partial charge in [0.05, 0.1) is 57.4 Å². The van der Waals surface area contributed by atoms with Gasteiger partial charge in [-0.15, -0.1) is 0 Å². The smallest absolute Gasteiger partial charge is 0.184 e. The summed E-state index contributed by atoms with van der Waals surface area (Å²) in [6, 6.07) is 34.9. The van der Waals surface area contributed by atoms with Crippen molar-refractivity contribution in [3.63, 3.8) is 0 Å². The van der Waals surface area contributed by atoms with Gasteiger partial charge < -0.3 is 48.9 Å². The molecule has 340 valence electrons. The second kappa shape index (κ2) is 20.9. The quantitative estimate of drug-likeness (QED) is 0.134. The van der Waals surface area contributed by atoms with Gasteiger partial charge in [-0.25, -0.2) is 9.37 Å². The van der Waals surface area contributed by atoms with Gasteiger partial charge in [-0.1, -0.05) is 143 Å². The number of nitrogens with zero attached hydrogens (tertiary/aromatic N) is 2. The molecule has 1 aromatic heterocycles. The Hall–Kier alpha value is -3.26. The topological polar surface area (TPSA) is 140 Å². The van der Waals surface area contributed by atoms with Crippen LogP contribution in [0.3, 0.4) is 0 Å². The normalized spacial score (nSPS) is 29.8. The van der Waals surface area contributed by atoms with Gasteiger partial charge in [0.1, 0.15) is 53.3 Å². The van der Waals surface area contributed by atoms with E-state index < -0.39 is 66.1 Å². The van der Waals surface area contributed by atoms with Gasteiger partial charge in [0.2, 0.25) is 0 Å². The second-order valence-corrected chi connectivity index (χ2v) is 19.6. The van der Waals surface area contributed by atoms with Crippen molar-refractivity contribution in [2.24, 2.45) is 5.73 Å². The Bertz CT molecular complexity index is 2550. The highest BCUT2D eigenvalue weighted by atomic mass is 35.5. The van der Waals surface area contributed by atoms with Gasteiger partial charge in [0.15, 0.2) is 12.6 Å². The third-order valence-corrected chi connectivity index (χ3v) is 15.0. The Kier molecular flexibility index (Phi) is 15.1. The molecule has 65 heavy (non-hydrogen) atoms. The minimum Gasteiger partial charge on any atom is -0.388 e. The van der Waals surface area contributed by atoms with Gasteiger partial charge in [0, 0.05) is 32.7 Å². The van der Waals surface area contributed by atoms with Crippen LogP contribution in [0.1, 0.15) is 29.7 Å². The van der Waals surface area contributed by atoms with E-state index in [-0.39, 0.29) is 18.5 Å². The number of fused-ring (bicyclic) bond motifs is 2. The van der Waals surface area contributed by atoms with E-state index in [9.17, 15) is 14.6 Å². The first kappa shape index (κ1) is 46.8. The second-order valence-electron chi connectivity index (χ2n) is 15.6. The molecule has 4 aliphatic heterocycles. The zero-order valence-electron chi connectivity index (χ0n) is 34.1. The average molecular weight is 1000 g/mol. The van der Waals surface area contributed by atoms with E-state index in [0.29, 0.717) is 38.0 Å². The summed E-state index contributed by atoms with van der Waals surface area (Å²) in [6.45, 7) is 0.612. The summed E-state index contributed by atoms with van der Waals surface area (Å²) in [6.07, 6.45) is -1.40. The summed E-state index contributed by atoms with van der Waals surface area (Å²) in [7, 11) is 0. The van der Waals surface area contributed by atoms with Gasteiger partial charge >= 0.3 is 0 Å². The predicted molar refractivity (Wildman–Crippen MR) is 249 cm³/mol. The lowest BCUT2D eigenvalue weighted by atomic mass is 9.95. The lowest BCUT2D eigenvalue weighted by Gasteiger charge is -2.48. The minimum atomic E-state index is -0.986. The van der Waals surface area contributed by atoms with Crippen LogP contribution in [0.4, 0.5) is 4.39 Å². The van der Waals surface area contributed by atoms with E-state index in [1.165, 1.54) is 35.7 Å². The number of aromatic nitrogens is 2. The van der Waals surface area contributed by atoms with Gasteiger partial charge in [-0.2, -0.15) is 0 Å². The Morgan fingerprint density at radius 3 is 1.71 bits per heavy atom. The van der Waals surface area contributed by atoms with E-state index in [0.717, 1.165) is 20.9 Å². The fourth-order valence-corrected chi connectivity index (χ4v) is 10.9. The highest BCUT2D eigenvalue weighted by Crippen LogP contribution is 2.45. The number of hydrogen-bond acceptors (Lipinski definition) is 12. The molecule has 12 atom stereocenters. The molecule has 0 aliphatic carbocycles. The number of aliphatic hydroxyl groups excluding tert-OH is 2. The monoisotopic (exact) mass is 999 g/mol. The zero-order valence-corrected chi connectivity index (χ0v) is 38.7. The molecular formula is C47H42Cl4FN3O8S2. The molecule has 5 aromatic carbocycles. The third-order valence-electron chi connectivity index (χ3n) is 11.3. The Morgan fingerprint density at radius 1 is 0.615 bits per heavy atom. The van der Waals surface area contributed by atoms with Crippen LogP contribution in [0, 0.1) is 5.82 Å². The fraction of sp³-hybridized carbons (Fsp3) is 0.298. The van der Waals surface area contributed by atoms with Crippen LogP contribution in [0.15, 0.2) is 144 Å². The summed E-state index contributed by atoms with van der Waals surface area (Å²) in [5, 5.41) is 24.1. The lowest BCUT2D eigenvalue weighted by molar-refractivity contribution is -0.305. The molecule has 4 N–H and O–H groups in total. The molecule has 0 bridgehead atoms. The van der Waals surface area contributed by atoms with Gasteiger partial charge in [-0.3, -0.25) is 0 Å². The maximum atomic E-state index is 13.9. The molecule has 0 spiro atoms. The van der Waals surface area contributed by atoms with Crippen LogP contribution in [0.2, 0.25) is 20.1 Å². The molecule has 0 amide bonds. The first-order valence-corrected chi connectivity index (χ1v) is 23.9. The average Bonchev–Trinajstić information content (AvgIpc) is 3.81. The SMILES string of the molecule is N[C@@H]1[C@@H](O)[C@@H](Sc2ccc(Cl)c(Cl)c2)O[C@@H]2COC(c3ccccc3)O[C@H]12.O[C@@H]1[C@@H](n2cnc(-c3cccc(F)c3)c2)[C@H]2OC(c3ccccc3)OC[C@H]2O[C@@H]1Sc1ccc(Cl)c(Cl)c1. The number of benzene rings is 5. The van der Waals surface area contributed by atoms with E-state index in [2.05, 4.69) is 4.98 Å².